The lowest BCUT2D eigenvalue weighted by Gasteiger charge is -2.28. The number of amides is 1. The molecule has 0 spiro atoms. The van der Waals surface area contributed by atoms with Gasteiger partial charge in [0.05, 0.1) is 12.2 Å². The average molecular weight is 536 g/mol. The topological polar surface area (TPSA) is 192 Å². The Kier molecular flexibility index (Phi) is 9.08. The van der Waals surface area contributed by atoms with Crippen molar-refractivity contribution in [3.05, 3.63) is 23.3 Å². The van der Waals surface area contributed by atoms with Gasteiger partial charge in [0, 0.05) is 50.6 Å². The van der Waals surface area contributed by atoms with Gasteiger partial charge in [-0.05, 0) is 61.5 Å². The van der Waals surface area contributed by atoms with Crippen molar-refractivity contribution in [2.45, 2.75) is 37.9 Å². The van der Waals surface area contributed by atoms with Crippen LogP contribution >= 0.6 is 0 Å². The molecular formula is C26H37N3O9. The Morgan fingerprint density at radius 2 is 1.66 bits per heavy atom. The SMILES string of the molecule is Nc1ccc(C(=O)NCC2C3CN(CC4CCOCC4)CC23)c2c1CCCO2.O=C(O)[C@H](O)[C@@H](O)C(=O)O. The summed E-state index contributed by atoms with van der Waals surface area (Å²) in [4.78, 5) is 34.9. The van der Waals surface area contributed by atoms with E-state index in [-0.39, 0.29) is 5.91 Å². The van der Waals surface area contributed by atoms with Gasteiger partial charge in [0.25, 0.3) is 5.91 Å². The summed E-state index contributed by atoms with van der Waals surface area (Å²) in [7, 11) is 0. The Bertz CT molecular complexity index is 999. The van der Waals surface area contributed by atoms with E-state index in [1.165, 1.54) is 32.5 Å². The Balaban J connectivity index is 0.000000289. The Morgan fingerprint density at radius 3 is 2.26 bits per heavy atom. The number of hydrogen-bond donors (Lipinski definition) is 6. The van der Waals surface area contributed by atoms with Crippen molar-refractivity contribution in [2.24, 2.45) is 23.7 Å². The monoisotopic (exact) mass is 535 g/mol. The molecule has 0 aromatic heterocycles. The van der Waals surface area contributed by atoms with Crippen molar-refractivity contribution < 1.29 is 44.3 Å². The molecule has 12 nitrogen and oxygen atoms in total. The third-order valence-electron chi connectivity index (χ3n) is 7.97. The van der Waals surface area contributed by atoms with E-state index in [2.05, 4.69) is 10.2 Å². The van der Waals surface area contributed by atoms with Crippen LogP contribution in [0.3, 0.4) is 0 Å². The van der Waals surface area contributed by atoms with E-state index in [1.54, 1.807) is 6.07 Å². The molecule has 2 unspecified atom stereocenters. The third kappa shape index (κ3) is 6.55. The molecule has 1 aromatic rings. The van der Waals surface area contributed by atoms with Gasteiger partial charge in [-0.15, -0.1) is 0 Å². The summed E-state index contributed by atoms with van der Waals surface area (Å²) >= 11 is 0. The zero-order chi connectivity index (χ0) is 27.4. The molecule has 12 heteroatoms. The fourth-order valence-electron chi connectivity index (χ4n) is 5.73. The molecule has 4 aliphatic rings. The van der Waals surface area contributed by atoms with Gasteiger partial charge in [0.2, 0.25) is 0 Å². The van der Waals surface area contributed by atoms with E-state index in [0.717, 1.165) is 61.6 Å². The maximum atomic E-state index is 12.8. The zero-order valence-corrected chi connectivity index (χ0v) is 21.3. The highest BCUT2D eigenvalue weighted by Gasteiger charge is 2.55. The van der Waals surface area contributed by atoms with E-state index < -0.39 is 24.1 Å². The molecule has 1 amide bonds. The minimum Gasteiger partial charge on any atom is -0.492 e. The number of nitrogen functional groups attached to an aromatic ring is 1. The van der Waals surface area contributed by atoms with E-state index in [0.29, 0.717) is 23.8 Å². The molecule has 7 N–H and O–H groups in total. The van der Waals surface area contributed by atoms with Gasteiger partial charge in [-0.1, -0.05) is 0 Å². The number of aliphatic hydroxyl groups excluding tert-OH is 2. The Morgan fingerprint density at radius 1 is 1.03 bits per heavy atom. The number of anilines is 1. The number of aliphatic carboxylic acids is 2. The molecular weight excluding hydrogens is 498 g/mol. The van der Waals surface area contributed by atoms with Crippen LogP contribution in [-0.4, -0.2) is 101 Å². The fourth-order valence-corrected chi connectivity index (χ4v) is 5.73. The number of fused-ring (bicyclic) bond motifs is 2. The minimum absolute atomic E-state index is 0.0258. The molecule has 3 aliphatic heterocycles. The number of carboxylic acid groups (broad SMARTS) is 2. The molecule has 1 aliphatic carbocycles. The molecule has 4 atom stereocenters. The molecule has 1 saturated carbocycles. The Hall–Kier alpha value is -2.93. The minimum atomic E-state index is -2.27. The van der Waals surface area contributed by atoms with E-state index in [4.69, 9.17) is 35.6 Å². The van der Waals surface area contributed by atoms with Crippen LogP contribution in [0.25, 0.3) is 0 Å². The number of rotatable bonds is 8. The quantitative estimate of drug-likeness (QED) is 0.242. The lowest BCUT2D eigenvalue weighted by molar-refractivity contribution is -0.165. The summed E-state index contributed by atoms with van der Waals surface area (Å²) in [5.74, 6) is 0.101. The second kappa shape index (κ2) is 12.3. The first kappa shape index (κ1) is 28.1. The number of piperidine rings is 1. The van der Waals surface area contributed by atoms with Crippen LogP contribution in [0.2, 0.25) is 0 Å². The van der Waals surface area contributed by atoms with Crippen molar-refractivity contribution in [2.75, 3.05) is 51.7 Å². The molecule has 3 heterocycles. The number of nitrogens with two attached hydrogens (primary N) is 1. The van der Waals surface area contributed by atoms with Crippen molar-refractivity contribution in [1.82, 2.24) is 10.2 Å². The van der Waals surface area contributed by atoms with Crippen molar-refractivity contribution in [1.29, 1.82) is 0 Å². The highest BCUT2D eigenvalue weighted by Crippen LogP contribution is 2.51. The summed E-state index contributed by atoms with van der Waals surface area (Å²) in [6, 6.07) is 3.64. The lowest BCUT2D eigenvalue weighted by Crippen LogP contribution is -2.39. The zero-order valence-electron chi connectivity index (χ0n) is 21.3. The van der Waals surface area contributed by atoms with Gasteiger partial charge >= 0.3 is 11.9 Å². The molecule has 1 aromatic carbocycles. The number of benzene rings is 1. The first-order valence-electron chi connectivity index (χ1n) is 13.1. The number of hydrogen-bond acceptors (Lipinski definition) is 9. The highest BCUT2D eigenvalue weighted by molar-refractivity contribution is 5.98. The van der Waals surface area contributed by atoms with Gasteiger partial charge in [-0.2, -0.15) is 0 Å². The van der Waals surface area contributed by atoms with Crippen LogP contribution in [0.15, 0.2) is 12.1 Å². The molecule has 3 fully saturated rings. The molecule has 5 rings (SSSR count). The summed E-state index contributed by atoms with van der Waals surface area (Å²) in [6.07, 6.45) is -0.274. The standard InChI is InChI=1S/C22H31N3O3.C4H6O6/c23-20-4-3-16(21-15(20)2-1-7-28-21)22(26)24-10-17-18-12-25(13-19(17)18)11-14-5-8-27-9-6-14;5-1(3(7)8)2(6)4(9)10/h3-4,14,17-19H,1-2,5-13,23H2,(H,24,26);1-2,5-6H,(H,7,8)(H,9,10)/t;1-,2-/m.1/s1. The highest BCUT2D eigenvalue weighted by atomic mass is 16.5. The summed E-state index contributed by atoms with van der Waals surface area (Å²) in [5.41, 5.74) is 8.42. The van der Waals surface area contributed by atoms with Crippen LogP contribution in [0.1, 0.15) is 35.2 Å². The summed E-state index contributed by atoms with van der Waals surface area (Å²) in [6.45, 7) is 6.91. The Labute approximate surface area is 220 Å². The molecule has 0 radical (unpaired) electrons. The first-order valence-corrected chi connectivity index (χ1v) is 13.1. The molecule has 0 bridgehead atoms. The summed E-state index contributed by atoms with van der Waals surface area (Å²) < 4.78 is 11.3. The number of carbonyl (C=O) groups excluding carboxylic acids is 1. The van der Waals surface area contributed by atoms with Crippen LogP contribution in [-0.2, 0) is 20.7 Å². The van der Waals surface area contributed by atoms with E-state index >= 15 is 0 Å². The second-order valence-electron chi connectivity index (χ2n) is 10.5. The van der Waals surface area contributed by atoms with Crippen molar-refractivity contribution in [3.8, 4) is 5.75 Å². The largest absolute Gasteiger partial charge is 0.492 e. The van der Waals surface area contributed by atoms with Crippen LogP contribution in [0.5, 0.6) is 5.75 Å². The van der Waals surface area contributed by atoms with Gasteiger partial charge in [0.1, 0.15) is 5.75 Å². The molecule has 210 valence electrons. The van der Waals surface area contributed by atoms with Gasteiger partial charge in [-0.25, -0.2) is 9.59 Å². The van der Waals surface area contributed by atoms with Crippen LogP contribution in [0, 0.1) is 23.7 Å². The maximum Gasteiger partial charge on any atom is 0.335 e. The smallest absolute Gasteiger partial charge is 0.335 e. The van der Waals surface area contributed by atoms with Gasteiger partial charge in [-0.3, -0.25) is 4.79 Å². The number of aliphatic hydroxyl groups is 2. The number of carbonyl (C=O) groups is 3. The van der Waals surface area contributed by atoms with E-state index in [1.807, 2.05) is 6.07 Å². The number of nitrogens with zero attached hydrogens (tertiary/aromatic N) is 1. The number of nitrogens with one attached hydrogen (secondary N) is 1. The van der Waals surface area contributed by atoms with Gasteiger partial charge < -0.3 is 45.9 Å². The maximum absolute atomic E-state index is 12.8. The predicted molar refractivity (Wildman–Crippen MR) is 135 cm³/mol. The second-order valence-corrected chi connectivity index (χ2v) is 10.5. The first-order chi connectivity index (χ1) is 18.2. The predicted octanol–water partition coefficient (Wildman–Crippen LogP) is -0.195. The summed E-state index contributed by atoms with van der Waals surface area (Å²) in [5, 5.41) is 35.7. The fraction of sp³-hybridized carbons (Fsp3) is 0.654. The van der Waals surface area contributed by atoms with Gasteiger partial charge in [0.15, 0.2) is 12.2 Å². The number of likely N-dealkylation sites (tertiary alicyclic amines) is 1. The number of carboxylic acids is 2. The average Bonchev–Trinajstić information content (AvgIpc) is 3.37. The molecule has 38 heavy (non-hydrogen) atoms. The normalized spacial score (nSPS) is 26.0. The van der Waals surface area contributed by atoms with Crippen LogP contribution < -0.4 is 15.8 Å². The lowest BCUT2D eigenvalue weighted by atomic mass is 9.99. The third-order valence-corrected chi connectivity index (χ3v) is 7.97. The number of ether oxygens (including phenoxy) is 2. The van der Waals surface area contributed by atoms with Crippen molar-refractivity contribution >= 4 is 23.5 Å². The molecule has 2 saturated heterocycles. The van der Waals surface area contributed by atoms with Crippen LogP contribution in [0.4, 0.5) is 5.69 Å². The van der Waals surface area contributed by atoms with Crippen molar-refractivity contribution in [3.63, 3.8) is 0 Å². The van der Waals surface area contributed by atoms with E-state index in [9.17, 15) is 14.4 Å².